The van der Waals surface area contributed by atoms with Crippen molar-refractivity contribution in [1.29, 1.82) is 0 Å². The van der Waals surface area contributed by atoms with Crippen LogP contribution >= 0.6 is 0 Å². The van der Waals surface area contributed by atoms with Crippen molar-refractivity contribution in [1.82, 2.24) is 20.1 Å². The summed E-state index contributed by atoms with van der Waals surface area (Å²) in [6.45, 7) is 1.29. The molecule has 2 N–H and O–H groups in total. The van der Waals surface area contributed by atoms with Gasteiger partial charge in [0.1, 0.15) is 5.75 Å². The number of H-pyrrole nitrogens is 1. The number of methoxy groups -OCH3 is 1. The van der Waals surface area contributed by atoms with E-state index in [4.69, 9.17) is 4.74 Å². The van der Waals surface area contributed by atoms with Gasteiger partial charge in [-0.05, 0) is 36.6 Å². The monoisotopic (exact) mass is 358 g/mol. The third-order valence-corrected chi connectivity index (χ3v) is 4.82. The number of piperidine rings is 1. The molecule has 7 nitrogen and oxygen atoms in total. The predicted molar refractivity (Wildman–Crippen MR) is 100 cm³/mol. The number of amides is 3. The number of aromatic amines is 1. The standard InChI is InChI=1S/C19H26N4O3/c1-22(2)19(25)21-14-5-4-8-23(12-14)18(24)9-13-11-20-17-7-6-15(26-3)10-16(13)17/h6-7,10-11,14,20H,4-5,8-9,12H2,1-3H3,(H,21,25). The second-order valence-corrected chi connectivity index (χ2v) is 6.93. The molecular weight excluding hydrogens is 332 g/mol. The van der Waals surface area contributed by atoms with Gasteiger partial charge in [0.15, 0.2) is 0 Å². The molecule has 140 valence electrons. The summed E-state index contributed by atoms with van der Waals surface area (Å²) in [5.41, 5.74) is 1.95. The van der Waals surface area contributed by atoms with Crippen molar-refractivity contribution in [2.75, 3.05) is 34.3 Å². The molecule has 3 amide bonds. The number of nitrogens with zero attached hydrogens (tertiary/aromatic N) is 2. The predicted octanol–water partition coefficient (Wildman–Crippen LogP) is 1.98. The Morgan fingerprint density at radius 1 is 1.38 bits per heavy atom. The lowest BCUT2D eigenvalue weighted by Gasteiger charge is -2.33. The van der Waals surface area contributed by atoms with E-state index >= 15 is 0 Å². The van der Waals surface area contributed by atoms with E-state index in [1.165, 1.54) is 4.90 Å². The Labute approximate surface area is 153 Å². The Morgan fingerprint density at radius 3 is 2.92 bits per heavy atom. The summed E-state index contributed by atoms with van der Waals surface area (Å²) < 4.78 is 5.28. The van der Waals surface area contributed by atoms with Crippen LogP contribution in [0.3, 0.4) is 0 Å². The van der Waals surface area contributed by atoms with Crippen molar-refractivity contribution in [3.63, 3.8) is 0 Å². The topological polar surface area (TPSA) is 77.7 Å². The maximum absolute atomic E-state index is 12.8. The van der Waals surface area contributed by atoms with E-state index in [9.17, 15) is 9.59 Å². The van der Waals surface area contributed by atoms with Gasteiger partial charge in [-0.1, -0.05) is 0 Å². The summed E-state index contributed by atoms with van der Waals surface area (Å²) in [5.74, 6) is 0.854. The molecule has 1 saturated heterocycles. The maximum Gasteiger partial charge on any atom is 0.317 e. The highest BCUT2D eigenvalue weighted by atomic mass is 16.5. The number of carbonyl (C=O) groups is 2. The van der Waals surface area contributed by atoms with Gasteiger partial charge >= 0.3 is 6.03 Å². The molecule has 0 spiro atoms. The fraction of sp³-hybridized carbons (Fsp3) is 0.474. The fourth-order valence-corrected chi connectivity index (χ4v) is 3.33. The molecule has 26 heavy (non-hydrogen) atoms. The van der Waals surface area contributed by atoms with Gasteiger partial charge in [-0.2, -0.15) is 0 Å². The average molecular weight is 358 g/mol. The van der Waals surface area contributed by atoms with Crippen LogP contribution in [0, 0.1) is 0 Å². The highest BCUT2D eigenvalue weighted by Crippen LogP contribution is 2.24. The fourth-order valence-electron chi connectivity index (χ4n) is 3.33. The molecule has 1 fully saturated rings. The van der Waals surface area contributed by atoms with Crippen LogP contribution < -0.4 is 10.1 Å². The Balaban J connectivity index is 1.67. The molecule has 0 saturated carbocycles. The number of nitrogens with one attached hydrogen (secondary N) is 2. The zero-order valence-electron chi connectivity index (χ0n) is 15.5. The van der Waals surface area contributed by atoms with Crippen LogP contribution in [-0.4, -0.2) is 67.1 Å². The lowest BCUT2D eigenvalue weighted by atomic mass is 10.0. The SMILES string of the molecule is COc1ccc2[nH]cc(CC(=O)N3CCCC(NC(=O)N(C)C)C3)c2c1. The summed E-state index contributed by atoms with van der Waals surface area (Å²) in [4.78, 5) is 31.2. The number of likely N-dealkylation sites (tertiary alicyclic amines) is 1. The van der Waals surface area contributed by atoms with E-state index in [-0.39, 0.29) is 18.0 Å². The number of ether oxygens (including phenoxy) is 1. The van der Waals surface area contributed by atoms with Gasteiger partial charge < -0.3 is 24.8 Å². The normalized spacial score (nSPS) is 17.2. The zero-order chi connectivity index (χ0) is 18.7. The van der Waals surface area contributed by atoms with Gasteiger partial charge in [0.05, 0.1) is 13.5 Å². The Morgan fingerprint density at radius 2 is 2.19 bits per heavy atom. The van der Waals surface area contributed by atoms with Crippen molar-refractivity contribution in [2.24, 2.45) is 0 Å². The van der Waals surface area contributed by atoms with Crippen LogP contribution in [0.4, 0.5) is 4.79 Å². The number of benzene rings is 1. The number of hydrogen-bond donors (Lipinski definition) is 2. The number of carbonyl (C=O) groups excluding carboxylic acids is 2. The molecule has 1 aliphatic rings. The van der Waals surface area contributed by atoms with Crippen LogP contribution in [0.2, 0.25) is 0 Å². The summed E-state index contributed by atoms with van der Waals surface area (Å²) in [6, 6.07) is 5.69. The van der Waals surface area contributed by atoms with Crippen LogP contribution in [0.15, 0.2) is 24.4 Å². The van der Waals surface area contributed by atoms with E-state index in [0.29, 0.717) is 13.0 Å². The first-order chi connectivity index (χ1) is 12.5. The van der Waals surface area contributed by atoms with Crippen molar-refractivity contribution in [2.45, 2.75) is 25.3 Å². The van der Waals surface area contributed by atoms with Gasteiger partial charge in [0, 0.05) is 50.3 Å². The molecule has 1 aromatic carbocycles. The summed E-state index contributed by atoms with van der Waals surface area (Å²) in [6.07, 6.45) is 4.01. The number of urea groups is 1. The molecule has 1 unspecified atom stereocenters. The number of rotatable bonds is 4. The van der Waals surface area contributed by atoms with E-state index in [0.717, 1.165) is 41.6 Å². The molecule has 7 heteroatoms. The minimum atomic E-state index is -0.118. The minimum Gasteiger partial charge on any atom is -0.497 e. The second kappa shape index (κ2) is 7.68. The molecule has 2 heterocycles. The molecule has 1 aliphatic heterocycles. The molecule has 1 atom stereocenters. The number of aromatic nitrogens is 1. The lowest BCUT2D eigenvalue weighted by molar-refractivity contribution is -0.131. The molecular formula is C19H26N4O3. The summed E-state index contributed by atoms with van der Waals surface area (Å²) in [5, 5.41) is 3.98. The lowest BCUT2D eigenvalue weighted by Crippen LogP contribution is -2.51. The Kier molecular flexibility index (Phi) is 5.35. The molecule has 2 aromatic rings. The number of fused-ring (bicyclic) bond motifs is 1. The van der Waals surface area contributed by atoms with E-state index in [2.05, 4.69) is 10.3 Å². The quantitative estimate of drug-likeness (QED) is 0.877. The van der Waals surface area contributed by atoms with Crippen LogP contribution in [0.5, 0.6) is 5.75 Å². The minimum absolute atomic E-state index is 0.00524. The van der Waals surface area contributed by atoms with E-state index in [1.807, 2.05) is 29.3 Å². The first-order valence-corrected chi connectivity index (χ1v) is 8.87. The van der Waals surface area contributed by atoms with E-state index in [1.54, 1.807) is 21.2 Å². The van der Waals surface area contributed by atoms with Gasteiger partial charge in [-0.25, -0.2) is 4.79 Å². The van der Waals surface area contributed by atoms with Crippen molar-refractivity contribution in [3.8, 4) is 5.75 Å². The van der Waals surface area contributed by atoms with Crippen molar-refractivity contribution < 1.29 is 14.3 Å². The van der Waals surface area contributed by atoms with Gasteiger partial charge in [0.2, 0.25) is 5.91 Å². The zero-order valence-corrected chi connectivity index (χ0v) is 15.5. The molecule has 1 aromatic heterocycles. The third kappa shape index (κ3) is 3.92. The van der Waals surface area contributed by atoms with Gasteiger partial charge in [-0.3, -0.25) is 4.79 Å². The maximum atomic E-state index is 12.8. The van der Waals surface area contributed by atoms with Gasteiger partial charge in [-0.15, -0.1) is 0 Å². The average Bonchev–Trinajstić information content (AvgIpc) is 3.03. The number of hydrogen-bond acceptors (Lipinski definition) is 3. The van der Waals surface area contributed by atoms with Crippen LogP contribution in [0.25, 0.3) is 10.9 Å². The highest BCUT2D eigenvalue weighted by Gasteiger charge is 2.25. The Bertz CT molecular complexity index is 799. The van der Waals surface area contributed by atoms with Crippen molar-refractivity contribution >= 4 is 22.8 Å². The summed E-state index contributed by atoms with van der Waals surface area (Å²) >= 11 is 0. The molecule has 3 rings (SSSR count). The Hall–Kier alpha value is -2.70. The summed E-state index contributed by atoms with van der Waals surface area (Å²) in [7, 11) is 5.06. The van der Waals surface area contributed by atoms with E-state index < -0.39 is 0 Å². The first kappa shape index (κ1) is 18.1. The second-order valence-electron chi connectivity index (χ2n) is 6.93. The third-order valence-electron chi connectivity index (χ3n) is 4.82. The molecule has 0 radical (unpaired) electrons. The first-order valence-electron chi connectivity index (χ1n) is 8.87. The molecule has 0 aliphatic carbocycles. The largest absolute Gasteiger partial charge is 0.497 e. The van der Waals surface area contributed by atoms with Crippen LogP contribution in [0.1, 0.15) is 18.4 Å². The van der Waals surface area contributed by atoms with Gasteiger partial charge in [0.25, 0.3) is 0 Å². The van der Waals surface area contributed by atoms with Crippen LogP contribution in [-0.2, 0) is 11.2 Å². The molecule has 0 bridgehead atoms. The van der Waals surface area contributed by atoms with Crippen molar-refractivity contribution in [3.05, 3.63) is 30.0 Å². The highest BCUT2D eigenvalue weighted by molar-refractivity contribution is 5.89. The smallest absolute Gasteiger partial charge is 0.317 e.